The first kappa shape index (κ1) is 21.7. The lowest BCUT2D eigenvalue weighted by molar-refractivity contribution is 0.0478. The third-order valence-corrected chi connectivity index (χ3v) is 5.07. The van der Waals surface area contributed by atoms with E-state index in [-0.39, 0.29) is 0 Å². The first-order chi connectivity index (χ1) is 12.9. The summed E-state index contributed by atoms with van der Waals surface area (Å²) in [6.07, 6.45) is 0.655. The SMILES string of the molecule is CCN(CC)CCNCCC(C)(O)c1ccc(Oc2ccc(Cl)cc2)cc1. The van der Waals surface area contributed by atoms with Crippen molar-refractivity contribution in [3.8, 4) is 11.5 Å². The van der Waals surface area contributed by atoms with Gasteiger partial charge in [0.25, 0.3) is 0 Å². The normalized spacial score (nSPS) is 13.6. The van der Waals surface area contributed by atoms with E-state index in [4.69, 9.17) is 16.3 Å². The molecule has 2 N–H and O–H groups in total. The maximum absolute atomic E-state index is 10.8. The average Bonchev–Trinajstić information content (AvgIpc) is 2.67. The number of halogens is 1. The van der Waals surface area contributed by atoms with Crippen molar-refractivity contribution >= 4 is 11.6 Å². The summed E-state index contributed by atoms with van der Waals surface area (Å²) < 4.78 is 5.80. The molecule has 0 saturated heterocycles. The van der Waals surface area contributed by atoms with Gasteiger partial charge < -0.3 is 20.1 Å². The molecule has 2 rings (SSSR count). The first-order valence-corrected chi connectivity index (χ1v) is 10.0. The Morgan fingerprint density at radius 2 is 1.52 bits per heavy atom. The largest absolute Gasteiger partial charge is 0.457 e. The van der Waals surface area contributed by atoms with Gasteiger partial charge in [-0.25, -0.2) is 0 Å². The molecule has 0 aromatic heterocycles. The summed E-state index contributed by atoms with van der Waals surface area (Å²) in [5, 5.41) is 14.9. The maximum Gasteiger partial charge on any atom is 0.127 e. The Bertz CT molecular complexity index is 668. The minimum Gasteiger partial charge on any atom is -0.457 e. The molecule has 2 aromatic rings. The number of hydrogen-bond acceptors (Lipinski definition) is 4. The molecule has 0 amide bonds. The van der Waals surface area contributed by atoms with Crippen LogP contribution in [0.2, 0.25) is 5.02 Å². The Balaban J connectivity index is 1.82. The van der Waals surface area contributed by atoms with E-state index < -0.39 is 5.60 Å². The van der Waals surface area contributed by atoms with E-state index in [0.29, 0.717) is 11.4 Å². The molecule has 1 unspecified atom stereocenters. The van der Waals surface area contributed by atoms with Crippen molar-refractivity contribution in [2.45, 2.75) is 32.8 Å². The van der Waals surface area contributed by atoms with Crippen LogP contribution in [0.4, 0.5) is 0 Å². The van der Waals surface area contributed by atoms with Crippen LogP contribution in [0.25, 0.3) is 0 Å². The van der Waals surface area contributed by atoms with Crippen molar-refractivity contribution in [2.75, 3.05) is 32.7 Å². The lowest BCUT2D eigenvalue weighted by Gasteiger charge is -2.25. The molecule has 0 spiro atoms. The van der Waals surface area contributed by atoms with Crippen LogP contribution in [0.3, 0.4) is 0 Å². The van der Waals surface area contributed by atoms with E-state index in [1.807, 2.05) is 43.3 Å². The molecule has 0 bridgehead atoms. The maximum atomic E-state index is 10.8. The number of nitrogens with zero attached hydrogens (tertiary/aromatic N) is 1. The molecule has 0 radical (unpaired) electrons. The van der Waals surface area contributed by atoms with Crippen molar-refractivity contribution in [3.63, 3.8) is 0 Å². The van der Waals surface area contributed by atoms with Crippen molar-refractivity contribution in [1.82, 2.24) is 10.2 Å². The van der Waals surface area contributed by atoms with Crippen LogP contribution in [0.15, 0.2) is 48.5 Å². The second-order valence-corrected chi connectivity index (χ2v) is 7.32. The molecule has 1 atom stereocenters. The Kier molecular flexibility index (Phi) is 8.58. The highest BCUT2D eigenvalue weighted by Crippen LogP contribution is 2.28. The summed E-state index contributed by atoms with van der Waals surface area (Å²) in [5.41, 5.74) is 0.0116. The molecule has 2 aromatic carbocycles. The molecule has 148 valence electrons. The highest BCUT2D eigenvalue weighted by molar-refractivity contribution is 6.30. The highest BCUT2D eigenvalue weighted by Gasteiger charge is 2.22. The lowest BCUT2D eigenvalue weighted by atomic mass is 9.92. The Labute approximate surface area is 168 Å². The van der Waals surface area contributed by atoms with Crippen LogP contribution in [-0.2, 0) is 5.60 Å². The molecule has 0 fully saturated rings. The summed E-state index contributed by atoms with van der Waals surface area (Å²) in [6, 6.07) is 14.8. The van der Waals surface area contributed by atoms with Crippen molar-refractivity contribution in [3.05, 3.63) is 59.1 Å². The third kappa shape index (κ3) is 7.15. The number of likely N-dealkylation sites (N-methyl/N-ethyl adjacent to an activating group) is 1. The molecular formula is C22H31ClN2O2. The Morgan fingerprint density at radius 1 is 0.963 bits per heavy atom. The van der Waals surface area contributed by atoms with Crippen LogP contribution < -0.4 is 10.1 Å². The van der Waals surface area contributed by atoms with Gasteiger partial charge in [-0.2, -0.15) is 0 Å². The van der Waals surface area contributed by atoms with Crippen LogP contribution in [0, 0.1) is 0 Å². The second-order valence-electron chi connectivity index (χ2n) is 6.88. The monoisotopic (exact) mass is 390 g/mol. The fourth-order valence-electron chi connectivity index (χ4n) is 2.90. The molecular weight excluding hydrogens is 360 g/mol. The van der Waals surface area contributed by atoms with E-state index in [2.05, 4.69) is 24.1 Å². The van der Waals surface area contributed by atoms with Gasteiger partial charge in [0, 0.05) is 18.1 Å². The summed E-state index contributed by atoms with van der Waals surface area (Å²) in [5.74, 6) is 1.46. The quantitative estimate of drug-likeness (QED) is 0.547. The number of hydrogen-bond donors (Lipinski definition) is 2. The minimum atomic E-state index is -0.874. The molecule has 5 heteroatoms. The smallest absolute Gasteiger partial charge is 0.127 e. The van der Waals surface area contributed by atoms with Gasteiger partial charge in [-0.15, -0.1) is 0 Å². The molecule has 0 aliphatic rings. The van der Waals surface area contributed by atoms with E-state index in [0.717, 1.165) is 49.8 Å². The van der Waals surface area contributed by atoms with Gasteiger partial charge in [-0.05, 0) is 74.9 Å². The zero-order valence-corrected chi connectivity index (χ0v) is 17.3. The van der Waals surface area contributed by atoms with Gasteiger partial charge in [-0.3, -0.25) is 0 Å². The number of aliphatic hydroxyl groups is 1. The fourth-order valence-corrected chi connectivity index (χ4v) is 3.02. The van der Waals surface area contributed by atoms with Crippen LogP contribution in [0.1, 0.15) is 32.8 Å². The summed E-state index contributed by atoms with van der Waals surface area (Å²) in [7, 11) is 0. The van der Waals surface area contributed by atoms with E-state index in [9.17, 15) is 5.11 Å². The molecule has 0 aliphatic heterocycles. The number of nitrogens with one attached hydrogen (secondary N) is 1. The number of benzene rings is 2. The van der Waals surface area contributed by atoms with Gasteiger partial charge in [0.1, 0.15) is 11.5 Å². The zero-order valence-electron chi connectivity index (χ0n) is 16.5. The number of ether oxygens (including phenoxy) is 1. The lowest BCUT2D eigenvalue weighted by Crippen LogP contribution is -2.34. The van der Waals surface area contributed by atoms with Gasteiger partial charge in [-0.1, -0.05) is 37.6 Å². The Morgan fingerprint density at radius 3 is 2.07 bits per heavy atom. The molecule has 4 nitrogen and oxygen atoms in total. The van der Waals surface area contributed by atoms with Gasteiger partial charge in [0.15, 0.2) is 0 Å². The van der Waals surface area contributed by atoms with Crippen molar-refractivity contribution in [2.24, 2.45) is 0 Å². The predicted octanol–water partition coefficient (Wildman–Crippen LogP) is 4.66. The molecule has 0 saturated carbocycles. The molecule has 27 heavy (non-hydrogen) atoms. The van der Waals surface area contributed by atoms with Crippen molar-refractivity contribution < 1.29 is 9.84 Å². The predicted molar refractivity (Wildman–Crippen MR) is 113 cm³/mol. The average molecular weight is 391 g/mol. The highest BCUT2D eigenvalue weighted by atomic mass is 35.5. The molecule has 0 aliphatic carbocycles. The molecule has 0 heterocycles. The first-order valence-electron chi connectivity index (χ1n) is 9.64. The Hall–Kier alpha value is -1.59. The van der Waals surface area contributed by atoms with Crippen LogP contribution in [0.5, 0.6) is 11.5 Å². The van der Waals surface area contributed by atoms with Gasteiger partial charge >= 0.3 is 0 Å². The minimum absolute atomic E-state index is 0.655. The summed E-state index contributed by atoms with van der Waals surface area (Å²) in [6.45, 7) is 11.1. The number of rotatable bonds is 11. The second kappa shape index (κ2) is 10.7. The fraction of sp³-hybridized carbons (Fsp3) is 0.455. The van der Waals surface area contributed by atoms with E-state index in [1.54, 1.807) is 12.1 Å². The third-order valence-electron chi connectivity index (χ3n) is 4.81. The van der Waals surface area contributed by atoms with Crippen LogP contribution in [-0.4, -0.2) is 42.7 Å². The topological polar surface area (TPSA) is 44.7 Å². The zero-order chi connectivity index (χ0) is 19.7. The van der Waals surface area contributed by atoms with E-state index >= 15 is 0 Å². The summed E-state index contributed by atoms with van der Waals surface area (Å²) >= 11 is 5.89. The standard InChI is InChI=1S/C22H31ClN2O2/c1-4-25(5-2)17-16-24-15-14-22(3,26)18-6-10-20(11-7-18)27-21-12-8-19(23)9-13-21/h6-13,24,26H,4-5,14-17H2,1-3H3. The van der Waals surface area contributed by atoms with Crippen molar-refractivity contribution in [1.29, 1.82) is 0 Å². The van der Waals surface area contributed by atoms with Gasteiger partial charge in [0.05, 0.1) is 5.60 Å². The van der Waals surface area contributed by atoms with Crippen LogP contribution >= 0.6 is 11.6 Å². The van der Waals surface area contributed by atoms with E-state index in [1.165, 1.54) is 0 Å². The summed E-state index contributed by atoms with van der Waals surface area (Å²) in [4.78, 5) is 2.38. The van der Waals surface area contributed by atoms with Gasteiger partial charge in [0.2, 0.25) is 0 Å².